The molecule has 7 nitrogen and oxygen atoms in total. The Morgan fingerprint density at radius 2 is 2.00 bits per heavy atom. The van der Waals surface area contributed by atoms with E-state index in [4.69, 9.17) is 0 Å². The summed E-state index contributed by atoms with van der Waals surface area (Å²) in [6.45, 7) is 4.16. The maximum atomic E-state index is 12.6. The van der Waals surface area contributed by atoms with Crippen molar-refractivity contribution in [1.29, 1.82) is 0 Å². The summed E-state index contributed by atoms with van der Waals surface area (Å²) in [6, 6.07) is 4.88. The number of rotatable bonds is 6. The van der Waals surface area contributed by atoms with Crippen LogP contribution in [-0.2, 0) is 14.8 Å². The molecule has 24 heavy (non-hydrogen) atoms. The molecule has 0 saturated carbocycles. The van der Waals surface area contributed by atoms with E-state index in [9.17, 15) is 23.1 Å². The van der Waals surface area contributed by atoms with E-state index in [1.165, 1.54) is 45.2 Å². The molecule has 1 fully saturated rings. The maximum absolute atomic E-state index is 12.6. The van der Waals surface area contributed by atoms with Gasteiger partial charge in [-0.05, 0) is 18.2 Å². The fourth-order valence-electron chi connectivity index (χ4n) is 2.52. The normalized spacial score (nSPS) is 18.1. The minimum absolute atomic E-state index is 0.0378. The molecule has 1 aromatic carbocycles. The lowest BCUT2D eigenvalue weighted by Crippen LogP contribution is -2.41. The van der Waals surface area contributed by atoms with Crippen LogP contribution in [0.1, 0.15) is 24.2 Å². The van der Waals surface area contributed by atoms with Crippen LogP contribution in [0.25, 0.3) is 0 Å². The van der Waals surface area contributed by atoms with Crippen molar-refractivity contribution >= 4 is 33.7 Å². The monoisotopic (exact) mass is 372 g/mol. The van der Waals surface area contributed by atoms with Crippen LogP contribution in [0, 0.1) is 0 Å². The zero-order valence-electron chi connectivity index (χ0n) is 13.5. The van der Waals surface area contributed by atoms with Crippen molar-refractivity contribution in [2.24, 2.45) is 0 Å². The molecule has 1 atom stereocenters. The number of aliphatic carboxylic acids is 1. The van der Waals surface area contributed by atoms with Gasteiger partial charge in [0.2, 0.25) is 10.0 Å². The molecule has 9 heteroatoms. The van der Waals surface area contributed by atoms with Crippen LogP contribution in [-0.4, -0.2) is 65.4 Å². The Balaban J connectivity index is 2.34. The summed E-state index contributed by atoms with van der Waals surface area (Å²) >= 11 is 1.36. The van der Waals surface area contributed by atoms with Gasteiger partial charge in [0.05, 0.1) is 10.8 Å². The van der Waals surface area contributed by atoms with Crippen LogP contribution >= 0.6 is 11.8 Å². The third-order valence-corrected chi connectivity index (χ3v) is 6.91. The number of hydrogen-bond acceptors (Lipinski definition) is 5. The minimum Gasteiger partial charge on any atom is -0.480 e. The summed E-state index contributed by atoms with van der Waals surface area (Å²) in [4.78, 5) is 25.1. The van der Waals surface area contributed by atoms with Crippen LogP contribution in [0.15, 0.2) is 29.2 Å². The number of nitrogens with zero attached hydrogens (tertiary/aromatic N) is 2. The molecule has 0 radical (unpaired) electrons. The summed E-state index contributed by atoms with van der Waals surface area (Å²) in [5, 5.41) is 9.19. The van der Waals surface area contributed by atoms with Gasteiger partial charge in [-0.2, -0.15) is 4.31 Å². The molecule has 1 heterocycles. The van der Waals surface area contributed by atoms with Crippen molar-refractivity contribution in [3.63, 3.8) is 0 Å². The first-order valence-electron chi connectivity index (χ1n) is 7.54. The molecule has 1 aliphatic rings. The molecule has 1 saturated heterocycles. The molecule has 1 aliphatic heterocycles. The summed E-state index contributed by atoms with van der Waals surface area (Å²) < 4.78 is 26.4. The number of amides is 1. The predicted octanol–water partition coefficient (Wildman–Crippen LogP) is 1.32. The molecule has 0 aliphatic carbocycles. The van der Waals surface area contributed by atoms with Gasteiger partial charge in [0, 0.05) is 24.4 Å². The Labute approximate surface area is 145 Å². The highest BCUT2D eigenvalue weighted by atomic mass is 32.2. The Kier molecular flexibility index (Phi) is 5.89. The Hall–Kier alpha value is -1.58. The first-order chi connectivity index (χ1) is 11.3. The van der Waals surface area contributed by atoms with Crippen molar-refractivity contribution in [1.82, 2.24) is 9.21 Å². The molecule has 0 bridgehead atoms. The molecule has 1 aromatic rings. The lowest BCUT2D eigenvalue weighted by molar-refractivity contribution is -0.140. The van der Waals surface area contributed by atoms with Crippen molar-refractivity contribution in [3.05, 3.63) is 29.8 Å². The predicted molar refractivity (Wildman–Crippen MR) is 91.5 cm³/mol. The van der Waals surface area contributed by atoms with E-state index in [2.05, 4.69) is 0 Å². The molecule has 132 valence electrons. The summed E-state index contributed by atoms with van der Waals surface area (Å²) in [5.41, 5.74) is 0.178. The van der Waals surface area contributed by atoms with Gasteiger partial charge >= 0.3 is 5.97 Å². The highest BCUT2D eigenvalue weighted by Crippen LogP contribution is 2.24. The second kappa shape index (κ2) is 7.54. The largest absolute Gasteiger partial charge is 0.480 e. The van der Waals surface area contributed by atoms with Crippen molar-refractivity contribution in [2.75, 3.05) is 24.7 Å². The number of carboxylic acid groups (broad SMARTS) is 1. The maximum Gasteiger partial charge on any atom is 0.327 e. The first-order valence-corrected chi connectivity index (χ1v) is 10.1. The third-order valence-electron chi connectivity index (χ3n) is 3.85. The van der Waals surface area contributed by atoms with Gasteiger partial charge in [0.1, 0.15) is 6.04 Å². The average molecular weight is 372 g/mol. The highest BCUT2D eigenvalue weighted by Gasteiger charge is 2.35. The molecule has 1 unspecified atom stereocenters. The Morgan fingerprint density at radius 3 is 2.58 bits per heavy atom. The summed E-state index contributed by atoms with van der Waals surface area (Å²) in [5.74, 6) is -0.911. The Morgan fingerprint density at radius 1 is 1.33 bits per heavy atom. The van der Waals surface area contributed by atoms with E-state index in [0.29, 0.717) is 18.8 Å². The van der Waals surface area contributed by atoms with Gasteiger partial charge in [0.25, 0.3) is 5.91 Å². The van der Waals surface area contributed by atoms with Crippen molar-refractivity contribution in [3.8, 4) is 0 Å². The lowest BCUT2D eigenvalue weighted by atomic mass is 10.2. The number of carbonyl (C=O) groups is 2. The zero-order chi connectivity index (χ0) is 17.9. The van der Waals surface area contributed by atoms with E-state index in [1.54, 1.807) is 13.8 Å². The van der Waals surface area contributed by atoms with E-state index in [1.807, 2.05) is 0 Å². The van der Waals surface area contributed by atoms with E-state index < -0.39 is 27.9 Å². The number of benzene rings is 1. The second-order valence-electron chi connectivity index (χ2n) is 5.25. The van der Waals surface area contributed by atoms with Gasteiger partial charge in [-0.3, -0.25) is 4.79 Å². The standard InChI is InChI=1S/C15H20N2O5S2/c1-3-16(4-2)24(21,22)12-7-5-6-11(8-12)14(18)17-10-23-9-13(17)15(19)20/h5-8,13H,3-4,9-10H2,1-2H3,(H,19,20). The van der Waals surface area contributed by atoms with Crippen LogP contribution in [0.4, 0.5) is 0 Å². The van der Waals surface area contributed by atoms with Gasteiger partial charge < -0.3 is 10.0 Å². The fourth-order valence-corrected chi connectivity index (χ4v) is 5.16. The van der Waals surface area contributed by atoms with Crippen LogP contribution in [0.2, 0.25) is 0 Å². The lowest BCUT2D eigenvalue weighted by Gasteiger charge is -2.22. The number of carboxylic acids is 1. The van der Waals surface area contributed by atoms with Gasteiger partial charge in [-0.25, -0.2) is 13.2 Å². The molecule has 2 rings (SSSR count). The van der Waals surface area contributed by atoms with Gasteiger partial charge in [-0.15, -0.1) is 11.8 Å². The van der Waals surface area contributed by atoms with E-state index >= 15 is 0 Å². The summed E-state index contributed by atoms with van der Waals surface area (Å²) in [6.07, 6.45) is 0. The van der Waals surface area contributed by atoms with E-state index in [0.717, 1.165) is 0 Å². The molecule has 1 N–H and O–H groups in total. The van der Waals surface area contributed by atoms with Gasteiger partial charge in [-0.1, -0.05) is 19.9 Å². The number of sulfonamides is 1. The van der Waals surface area contributed by atoms with E-state index in [-0.39, 0.29) is 16.3 Å². The fraction of sp³-hybridized carbons (Fsp3) is 0.467. The SMILES string of the molecule is CCN(CC)S(=O)(=O)c1cccc(C(=O)N2CSCC2C(=O)O)c1. The highest BCUT2D eigenvalue weighted by molar-refractivity contribution is 7.99. The molecular formula is C15H20N2O5S2. The zero-order valence-corrected chi connectivity index (χ0v) is 15.1. The van der Waals surface area contributed by atoms with Crippen LogP contribution in [0.5, 0.6) is 0 Å². The topological polar surface area (TPSA) is 95.0 Å². The minimum atomic E-state index is -3.67. The van der Waals surface area contributed by atoms with Crippen LogP contribution < -0.4 is 0 Å². The molecule has 1 amide bonds. The number of hydrogen-bond donors (Lipinski definition) is 1. The molecule has 0 aromatic heterocycles. The van der Waals surface area contributed by atoms with Gasteiger partial charge in [0.15, 0.2) is 0 Å². The quantitative estimate of drug-likeness (QED) is 0.809. The number of thioether (sulfide) groups is 1. The molecule has 0 spiro atoms. The second-order valence-corrected chi connectivity index (χ2v) is 8.18. The number of carbonyl (C=O) groups excluding carboxylic acids is 1. The third kappa shape index (κ3) is 3.57. The van der Waals surface area contributed by atoms with Crippen molar-refractivity contribution in [2.45, 2.75) is 24.8 Å². The van der Waals surface area contributed by atoms with Crippen LogP contribution in [0.3, 0.4) is 0 Å². The summed E-state index contributed by atoms with van der Waals surface area (Å²) in [7, 11) is -3.67. The Bertz CT molecular complexity index is 731. The van der Waals surface area contributed by atoms with Crippen molar-refractivity contribution < 1.29 is 23.1 Å². The molecular weight excluding hydrogens is 352 g/mol. The average Bonchev–Trinajstić information content (AvgIpc) is 3.05. The first kappa shape index (κ1) is 18.8. The smallest absolute Gasteiger partial charge is 0.327 e.